The van der Waals surface area contributed by atoms with E-state index in [0.717, 1.165) is 17.3 Å². The first-order valence-corrected chi connectivity index (χ1v) is 9.88. The van der Waals surface area contributed by atoms with E-state index >= 15 is 0 Å². The third-order valence-electron chi connectivity index (χ3n) is 4.28. The summed E-state index contributed by atoms with van der Waals surface area (Å²) in [6.45, 7) is 3.54. The van der Waals surface area contributed by atoms with E-state index in [9.17, 15) is 19.7 Å². The second-order valence-corrected chi connectivity index (χ2v) is 8.11. The molecular weight excluding hydrogens is 410 g/mol. The van der Waals surface area contributed by atoms with Crippen molar-refractivity contribution in [2.24, 2.45) is 0 Å². The van der Waals surface area contributed by atoms with Crippen LogP contribution < -0.4 is 5.32 Å². The van der Waals surface area contributed by atoms with Crippen molar-refractivity contribution in [3.05, 3.63) is 74.7 Å². The van der Waals surface area contributed by atoms with E-state index < -0.39 is 11.0 Å². The molecule has 1 fully saturated rings. The number of nitrogens with one attached hydrogen (secondary N) is 1. The molecule has 148 valence electrons. The molecule has 1 N–H and O–H groups in total. The highest BCUT2D eigenvalue weighted by molar-refractivity contribution is 8.26. The lowest BCUT2D eigenvalue weighted by Crippen LogP contribution is -2.44. The summed E-state index contributed by atoms with van der Waals surface area (Å²) in [4.78, 5) is 37.3. The van der Waals surface area contributed by atoms with Crippen LogP contribution in [0.4, 0.5) is 11.4 Å². The maximum atomic E-state index is 12.8. The number of hydrogen-bond acceptors (Lipinski definition) is 6. The van der Waals surface area contributed by atoms with E-state index in [1.807, 2.05) is 25.1 Å². The fraction of sp³-hybridized carbons (Fsp3) is 0.150. The lowest BCUT2D eigenvalue weighted by Gasteiger charge is -2.22. The van der Waals surface area contributed by atoms with Crippen LogP contribution in [0.3, 0.4) is 0 Å². The van der Waals surface area contributed by atoms with E-state index in [1.54, 1.807) is 31.2 Å². The molecule has 1 aliphatic heterocycles. The molecule has 3 rings (SSSR count). The molecule has 0 spiro atoms. The van der Waals surface area contributed by atoms with Crippen LogP contribution >= 0.6 is 24.0 Å². The van der Waals surface area contributed by atoms with Gasteiger partial charge >= 0.3 is 0 Å². The van der Waals surface area contributed by atoms with Crippen LogP contribution in [0.1, 0.15) is 18.1 Å². The summed E-state index contributed by atoms with van der Waals surface area (Å²) in [6.07, 6.45) is 1.61. The zero-order valence-corrected chi connectivity index (χ0v) is 17.3. The molecule has 0 radical (unpaired) electrons. The van der Waals surface area contributed by atoms with Crippen LogP contribution in [0, 0.1) is 17.0 Å². The summed E-state index contributed by atoms with van der Waals surface area (Å²) in [6, 6.07) is 12.4. The largest absolute Gasteiger partial charge is 0.324 e. The number of rotatable bonds is 5. The van der Waals surface area contributed by atoms with Crippen molar-refractivity contribution in [2.75, 3.05) is 5.32 Å². The van der Waals surface area contributed by atoms with Gasteiger partial charge in [-0.15, -0.1) is 0 Å². The summed E-state index contributed by atoms with van der Waals surface area (Å²) in [7, 11) is 0. The van der Waals surface area contributed by atoms with Crippen LogP contribution in [0.2, 0.25) is 0 Å². The molecule has 2 amide bonds. The van der Waals surface area contributed by atoms with Crippen molar-refractivity contribution in [3.63, 3.8) is 0 Å². The highest BCUT2D eigenvalue weighted by atomic mass is 32.2. The number of carbonyl (C=O) groups is 2. The van der Waals surface area contributed by atoms with Gasteiger partial charge in [-0.05, 0) is 55.3 Å². The smallest absolute Gasteiger partial charge is 0.269 e. The van der Waals surface area contributed by atoms with Crippen LogP contribution in [0.15, 0.2) is 53.4 Å². The van der Waals surface area contributed by atoms with Gasteiger partial charge < -0.3 is 5.32 Å². The highest BCUT2D eigenvalue weighted by Gasteiger charge is 2.38. The molecule has 7 nitrogen and oxygen atoms in total. The summed E-state index contributed by atoms with van der Waals surface area (Å²) in [5.41, 5.74) is 2.25. The Balaban J connectivity index is 1.75. The third kappa shape index (κ3) is 4.69. The van der Waals surface area contributed by atoms with E-state index in [4.69, 9.17) is 12.2 Å². The van der Waals surface area contributed by atoms with Crippen LogP contribution in [-0.4, -0.2) is 32.0 Å². The first-order chi connectivity index (χ1) is 13.8. The van der Waals surface area contributed by atoms with Crippen molar-refractivity contribution >= 4 is 57.6 Å². The number of carbonyl (C=O) groups excluding carboxylic acids is 2. The Kier molecular flexibility index (Phi) is 6.09. The van der Waals surface area contributed by atoms with Crippen LogP contribution in [0.25, 0.3) is 6.08 Å². The van der Waals surface area contributed by atoms with Gasteiger partial charge in [0.25, 0.3) is 11.6 Å². The summed E-state index contributed by atoms with van der Waals surface area (Å²) < 4.78 is 0.287. The van der Waals surface area contributed by atoms with Gasteiger partial charge in [0, 0.05) is 17.8 Å². The zero-order chi connectivity index (χ0) is 21.1. The molecule has 0 aliphatic carbocycles. The van der Waals surface area contributed by atoms with Crippen molar-refractivity contribution in [1.82, 2.24) is 4.90 Å². The van der Waals surface area contributed by atoms with Crippen molar-refractivity contribution in [3.8, 4) is 0 Å². The molecule has 2 aromatic rings. The molecule has 0 aromatic heterocycles. The number of hydrogen-bond donors (Lipinski definition) is 1. The van der Waals surface area contributed by atoms with Gasteiger partial charge in [-0.25, -0.2) is 0 Å². The minimum absolute atomic E-state index is 0.0314. The lowest BCUT2D eigenvalue weighted by molar-refractivity contribution is -0.384. The molecular formula is C20H17N3O4S2. The Bertz CT molecular complexity index is 1030. The number of non-ortho nitro benzene ring substituents is 1. The Morgan fingerprint density at radius 3 is 2.59 bits per heavy atom. The maximum Gasteiger partial charge on any atom is 0.269 e. The maximum absolute atomic E-state index is 12.8. The van der Waals surface area contributed by atoms with Crippen LogP contribution in [-0.2, 0) is 9.59 Å². The lowest BCUT2D eigenvalue weighted by atomic mass is 10.2. The van der Waals surface area contributed by atoms with Gasteiger partial charge in [0.2, 0.25) is 5.91 Å². The molecule has 1 heterocycles. The third-order valence-corrected chi connectivity index (χ3v) is 5.61. The molecule has 1 unspecified atom stereocenters. The number of nitrogens with zero attached hydrogens (tertiary/aromatic N) is 2. The first-order valence-electron chi connectivity index (χ1n) is 8.65. The summed E-state index contributed by atoms with van der Waals surface area (Å²) >= 11 is 6.40. The van der Waals surface area contributed by atoms with Gasteiger partial charge in [0.15, 0.2) is 0 Å². The minimum atomic E-state index is -0.786. The fourth-order valence-electron chi connectivity index (χ4n) is 2.74. The predicted octanol–water partition coefficient (Wildman–Crippen LogP) is 4.13. The SMILES string of the molecule is Cc1cccc(NC(=O)C(C)N2C(=O)/C(=C/c3ccc([N+](=O)[O-])cc3)SC2=S)c1. The standard InChI is InChI=1S/C20H17N3O4S2/c1-12-4-3-5-15(10-12)21-18(24)13(2)22-19(25)17(29-20(22)28)11-14-6-8-16(9-7-14)23(26)27/h3-11,13H,1-2H3,(H,21,24)/b17-11-. The molecule has 1 saturated heterocycles. The molecule has 0 saturated carbocycles. The topological polar surface area (TPSA) is 92.6 Å². The zero-order valence-electron chi connectivity index (χ0n) is 15.6. The van der Waals surface area contributed by atoms with Gasteiger partial charge in [-0.1, -0.05) is 36.1 Å². The predicted molar refractivity (Wildman–Crippen MR) is 117 cm³/mol. The Hall–Kier alpha value is -3.04. The van der Waals surface area contributed by atoms with Gasteiger partial charge in [-0.2, -0.15) is 0 Å². The molecule has 29 heavy (non-hydrogen) atoms. The molecule has 0 bridgehead atoms. The molecule has 2 aromatic carbocycles. The quantitative estimate of drug-likeness (QED) is 0.334. The minimum Gasteiger partial charge on any atom is -0.324 e. The van der Waals surface area contributed by atoms with E-state index in [2.05, 4.69) is 5.32 Å². The van der Waals surface area contributed by atoms with Crippen molar-refractivity contribution in [1.29, 1.82) is 0 Å². The summed E-state index contributed by atoms with van der Waals surface area (Å²) in [5, 5.41) is 13.6. The molecule has 1 atom stereocenters. The number of aryl methyl sites for hydroxylation is 1. The van der Waals surface area contributed by atoms with Gasteiger partial charge in [0.05, 0.1) is 9.83 Å². The monoisotopic (exact) mass is 427 g/mol. The number of nitro groups is 1. The molecule has 9 heteroatoms. The second kappa shape index (κ2) is 8.54. The van der Waals surface area contributed by atoms with Gasteiger partial charge in [-0.3, -0.25) is 24.6 Å². The number of thiocarbonyl (C=S) groups is 1. The number of thioether (sulfide) groups is 1. The average molecular weight is 428 g/mol. The number of nitro benzene ring substituents is 1. The Morgan fingerprint density at radius 1 is 1.28 bits per heavy atom. The number of benzene rings is 2. The Labute approximate surface area is 176 Å². The van der Waals surface area contributed by atoms with Gasteiger partial charge in [0.1, 0.15) is 10.4 Å². The fourth-order valence-corrected chi connectivity index (χ4v) is 4.16. The Morgan fingerprint density at radius 2 is 1.97 bits per heavy atom. The van der Waals surface area contributed by atoms with Crippen molar-refractivity contribution in [2.45, 2.75) is 19.9 Å². The second-order valence-electron chi connectivity index (χ2n) is 6.44. The average Bonchev–Trinajstić information content (AvgIpc) is 2.94. The normalized spacial score (nSPS) is 16.2. The number of amides is 2. The molecule has 1 aliphatic rings. The summed E-state index contributed by atoms with van der Waals surface area (Å²) in [5.74, 6) is -0.714. The van der Waals surface area contributed by atoms with Crippen LogP contribution in [0.5, 0.6) is 0 Å². The van der Waals surface area contributed by atoms with Crippen molar-refractivity contribution < 1.29 is 14.5 Å². The van der Waals surface area contributed by atoms with E-state index in [-0.39, 0.29) is 21.8 Å². The highest BCUT2D eigenvalue weighted by Crippen LogP contribution is 2.34. The van der Waals surface area contributed by atoms with E-state index in [0.29, 0.717) is 16.2 Å². The van der Waals surface area contributed by atoms with E-state index in [1.165, 1.54) is 17.0 Å². The first kappa shape index (κ1) is 20.7. The number of anilines is 1.